The predicted octanol–water partition coefficient (Wildman–Crippen LogP) is 1.21. The molecule has 84 valence electrons. The molecule has 0 aliphatic carbocycles. The number of anilines is 1. The Balaban J connectivity index is 2.46. The lowest BCUT2D eigenvalue weighted by Gasteiger charge is -2.02. The Labute approximate surface area is 92.7 Å². The predicted molar refractivity (Wildman–Crippen MR) is 59.7 cm³/mol. The lowest BCUT2D eigenvalue weighted by Crippen LogP contribution is -2.00. The summed E-state index contributed by atoms with van der Waals surface area (Å²) < 4.78 is 1.72. The summed E-state index contributed by atoms with van der Waals surface area (Å²) in [5.41, 5.74) is 6.90. The van der Waals surface area contributed by atoms with Crippen LogP contribution in [0.4, 0.5) is 5.82 Å². The summed E-state index contributed by atoms with van der Waals surface area (Å²) in [5, 5.41) is 17.3. The van der Waals surface area contributed by atoms with Crippen molar-refractivity contribution in [1.82, 2.24) is 20.0 Å². The molecule has 0 radical (unpaired) electrons. The van der Waals surface area contributed by atoms with Gasteiger partial charge in [0.1, 0.15) is 17.3 Å². The molecule has 6 nitrogen and oxygen atoms in total. The number of nitrogens with two attached hydrogens (primary N) is 1. The van der Waals surface area contributed by atoms with Gasteiger partial charge in [-0.05, 0) is 19.9 Å². The standard InChI is InChI=1S/C10H13N5O/c1-6(2)15-5-9(13-14-15)8-3-7(16)4-12-10(8)11/h3-6,16H,1-2H3,(H2,11,12). The van der Waals surface area contributed by atoms with Crippen LogP contribution < -0.4 is 5.73 Å². The van der Waals surface area contributed by atoms with Crippen LogP contribution in [-0.2, 0) is 0 Å². The number of aromatic nitrogens is 4. The first-order chi connectivity index (χ1) is 7.58. The van der Waals surface area contributed by atoms with Gasteiger partial charge in [0.05, 0.1) is 12.4 Å². The molecule has 0 atom stereocenters. The van der Waals surface area contributed by atoms with Crippen molar-refractivity contribution >= 4 is 5.82 Å². The summed E-state index contributed by atoms with van der Waals surface area (Å²) in [6.07, 6.45) is 3.07. The van der Waals surface area contributed by atoms with Crippen molar-refractivity contribution in [2.45, 2.75) is 19.9 Å². The molecule has 2 rings (SSSR count). The molecule has 0 aliphatic heterocycles. The molecule has 16 heavy (non-hydrogen) atoms. The van der Waals surface area contributed by atoms with Gasteiger partial charge in [-0.15, -0.1) is 5.10 Å². The van der Waals surface area contributed by atoms with E-state index in [2.05, 4.69) is 15.3 Å². The molecule has 0 aliphatic rings. The highest BCUT2D eigenvalue weighted by molar-refractivity contribution is 5.71. The molecule has 0 fully saturated rings. The molecule has 2 aromatic rings. The fourth-order valence-electron chi connectivity index (χ4n) is 1.32. The van der Waals surface area contributed by atoms with E-state index in [0.717, 1.165) is 0 Å². The third kappa shape index (κ3) is 1.81. The number of rotatable bonds is 2. The SMILES string of the molecule is CC(C)n1cc(-c2cc(O)cnc2N)nn1. The van der Waals surface area contributed by atoms with Crippen LogP contribution in [-0.4, -0.2) is 25.1 Å². The van der Waals surface area contributed by atoms with Crippen molar-refractivity contribution in [3.05, 3.63) is 18.5 Å². The van der Waals surface area contributed by atoms with Crippen LogP contribution in [0.3, 0.4) is 0 Å². The van der Waals surface area contributed by atoms with Crippen molar-refractivity contribution in [1.29, 1.82) is 0 Å². The van der Waals surface area contributed by atoms with Crippen molar-refractivity contribution < 1.29 is 5.11 Å². The summed E-state index contributed by atoms with van der Waals surface area (Å²) in [6, 6.07) is 1.75. The summed E-state index contributed by atoms with van der Waals surface area (Å²) in [4.78, 5) is 3.86. The molecule has 0 unspecified atom stereocenters. The van der Waals surface area contributed by atoms with Gasteiger partial charge in [0, 0.05) is 11.6 Å². The third-order valence-electron chi connectivity index (χ3n) is 2.22. The van der Waals surface area contributed by atoms with Crippen LogP contribution in [0.2, 0.25) is 0 Å². The van der Waals surface area contributed by atoms with E-state index in [0.29, 0.717) is 17.1 Å². The zero-order chi connectivity index (χ0) is 11.7. The van der Waals surface area contributed by atoms with Crippen LogP contribution >= 0.6 is 0 Å². The largest absolute Gasteiger partial charge is 0.506 e. The van der Waals surface area contributed by atoms with Crippen LogP contribution in [0.5, 0.6) is 5.75 Å². The van der Waals surface area contributed by atoms with E-state index in [4.69, 9.17) is 5.73 Å². The number of nitrogen functional groups attached to an aromatic ring is 1. The Bertz CT molecular complexity index is 506. The summed E-state index contributed by atoms with van der Waals surface area (Å²) in [7, 11) is 0. The first-order valence-electron chi connectivity index (χ1n) is 4.94. The van der Waals surface area contributed by atoms with Gasteiger partial charge in [-0.1, -0.05) is 5.21 Å². The van der Waals surface area contributed by atoms with E-state index in [1.54, 1.807) is 10.9 Å². The smallest absolute Gasteiger partial charge is 0.134 e. The van der Waals surface area contributed by atoms with Gasteiger partial charge in [0.15, 0.2) is 0 Å². The Morgan fingerprint density at radius 3 is 2.81 bits per heavy atom. The quantitative estimate of drug-likeness (QED) is 0.792. The fourth-order valence-corrected chi connectivity index (χ4v) is 1.32. The average Bonchev–Trinajstić information content (AvgIpc) is 2.70. The van der Waals surface area contributed by atoms with E-state index in [-0.39, 0.29) is 11.8 Å². The maximum absolute atomic E-state index is 9.34. The molecule has 0 saturated heterocycles. The molecule has 0 bridgehead atoms. The average molecular weight is 219 g/mol. The number of hydrogen-bond donors (Lipinski definition) is 2. The minimum atomic E-state index is 0.0586. The van der Waals surface area contributed by atoms with E-state index >= 15 is 0 Å². The maximum atomic E-state index is 9.34. The van der Waals surface area contributed by atoms with Crippen molar-refractivity contribution in [2.24, 2.45) is 0 Å². The number of pyridine rings is 1. The van der Waals surface area contributed by atoms with Gasteiger partial charge in [-0.25, -0.2) is 9.67 Å². The molecule has 0 spiro atoms. The van der Waals surface area contributed by atoms with Crippen LogP contribution in [0.1, 0.15) is 19.9 Å². The first-order valence-corrected chi connectivity index (χ1v) is 4.94. The lowest BCUT2D eigenvalue weighted by atomic mass is 10.2. The minimum absolute atomic E-state index is 0.0586. The second-order valence-corrected chi connectivity index (χ2v) is 3.80. The van der Waals surface area contributed by atoms with Gasteiger partial charge >= 0.3 is 0 Å². The van der Waals surface area contributed by atoms with Crippen molar-refractivity contribution in [3.63, 3.8) is 0 Å². The highest BCUT2D eigenvalue weighted by Gasteiger charge is 2.10. The molecule has 6 heteroatoms. The zero-order valence-corrected chi connectivity index (χ0v) is 9.12. The number of nitrogens with zero attached hydrogens (tertiary/aromatic N) is 4. The lowest BCUT2D eigenvalue weighted by molar-refractivity contribution is 0.473. The van der Waals surface area contributed by atoms with E-state index < -0.39 is 0 Å². The van der Waals surface area contributed by atoms with Crippen LogP contribution in [0.15, 0.2) is 18.5 Å². The summed E-state index contributed by atoms with van der Waals surface area (Å²) in [5.74, 6) is 0.386. The van der Waals surface area contributed by atoms with Gasteiger partial charge in [0.25, 0.3) is 0 Å². The van der Waals surface area contributed by atoms with Crippen LogP contribution in [0.25, 0.3) is 11.3 Å². The second kappa shape index (κ2) is 3.80. The Morgan fingerprint density at radius 1 is 1.44 bits per heavy atom. The normalized spacial score (nSPS) is 10.9. The first kappa shape index (κ1) is 10.4. The molecule has 0 aromatic carbocycles. The summed E-state index contributed by atoms with van der Waals surface area (Å²) in [6.45, 7) is 4.01. The highest BCUT2D eigenvalue weighted by Crippen LogP contribution is 2.25. The maximum Gasteiger partial charge on any atom is 0.134 e. The molecular formula is C10H13N5O. The Kier molecular flexibility index (Phi) is 2.47. The van der Waals surface area contributed by atoms with Gasteiger partial charge in [-0.3, -0.25) is 0 Å². The fraction of sp³-hybridized carbons (Fsp3) is 0.300. The monoisotopic (exact) mass is 219 g/mol. The van der Waals surface area contributed by atoms with Crippen LogP contribution in [0, 0.1) is 0 Å². The number of hydrogen-bond acceptors (Lipinski definition) is 5. The molecule has 0 saturated carbocycles. The number of aromatic hydroxyl groups is 1. The minimum Gasteiger partial charge on any atom is -0.506 e. The Hall–Kier alpha value is -2.11. The third-order valence-corrected chi connectivity index (χ3v) is 2.22. The Morgan fingerprint density at radius 2 is 2.19 bits per heavy atom. The molecule has 2 heterocycles. The zero-order valence-electron chi connectivity index (χ0n) is 9.12. The molecule has 3 N–H and O–H groups in total. The molecule has 2 aromatic heterocycles. The van der Waals surface area contributed by atoms with E-state index in [1.807, 2.05) is 13.8 Å². The van der Waals surface area contributed by atoms with Gasteiger partial charge < -0.3 is 10.8 Å². The van der Waals surface area contributed by atoms with Gasteiger partial charge in [-0.2, -0.15) is 0 Å². The van der Waals surface area contributed by atoms with Crippen molar-refractivity contribution in [3.8, 4) is 17.0 Å². The molecule has 0 amide bonds. The highest BCUT2D eigenvalue weighted by atomic mass is 16.3. The summed E-state index contributed by atoms with van der Waals surface area (Å²) >= 11 is 0. The molecular weight excluding hydrogens is 206 g/mol. The second-order valence-electron chi connectivity index (χ2n) is 3.80. The van der Waals surface area contributed by atoms with E-state index in [9.17, 15) is 5.11 Å². The topological polar surface area (TPSA) is 89.8 Å². The van der Waals surface area contributed by atoms with Gasteiger partial charge in [0.2, 0.25) is 0 Å². The van der Waals surface area contributed by atoms with E-state index in [1.165, 1.54) is 12.3 Å². The van der Waals surface area contributed by atoms with Crippen molar-refractivity contribution in [2.75, 3.05) is 5.73 Å².